The lowest BCUT2D eigenvalue weighted by molar-refractivity contribution is 0.414. The Kier molecular flexibility index (Phi) is 4.50. The lowest BCUT2D eigenvalue weighted by Gasteiger charge is -2.05. The van der Waals surface area contributed by atoms with Gasteiger partial charge in [-0.05, 0) is 36.4 Å². The van der Waals surface area contributed by atoms with Crippen molar-refractivity contribution in [3.8, 4) is 5.75 Å². The van der Waals surface area contributed by atoms with Gasteiger partial charge >= 0.3 is 0 Å². The van der Waals surface area contributed by atoms with Crippen LogP contribution in [0.5, 0.6) is 5.75 Å². The Morgan fingerprint density at radius 1 is 1.05 bits per heavy atom. The number of rotatable bonds is 4. The van der Waals surface area contributed by atoms with Gasteiger partial charge in [-0.3, -0.25) is 0 Å². The van der Waals surface area contributed by atoms with Crippen LogP contribution in [0.25, 0.3) is 0 Å². The number of ether oxygens (including phenoxy) is 1. The Labute approximate surface area is 118 Å². The highest BCUT2D eigenvalue weighted by molar-refractivity contribution is 8.07. The van der Waals surface area contributed by atoms with Gasteiger partial charge in [0.15, 0.2) is 0 Å². The number of methoxy groups -OCH3 is 1. The molecule has 0 aliphatic carbocycles. The first-order chi connectivity index (χ1) is 9.12. The van der Waals surface area contributed by atoms with E-state index in [1.807, 2.05) is 30.3 Å². The summed E-state index contributed by atoms with van der Waals surface area (Å²) >= 11 is 1.25. The molecule has 0 aromatic heterocycles. The standard InChI is InChI=1S/C14H15NO2S2/c1-17-12-8-10-14(11-9-12)19(2,16)15-18-13-6-4-3-5-7-13/h3-11H,1-2H3. The molecule has 0 N–H and O–H groups in total. The second kappa shape index (κ2) is 6.12. The van der Waals surface area contributed by atoms with Crippen molar-refractivity contribution >= 4 is 21.7 Å². The Morgan fingerprint density at radius 3 is 2.26 bits per heavy atom. The SMILES string of the molecule is COc1ccc(S(C)(=O)=NSc2ccccc2)cc1. The molecule has 0 aliphatic rings. The highest BCUT2D eigenvalue weighted by Crippen LogP contribution is 2.24. The molecule has 0 saturated heterocycles. The third-order valence-electron chi connectivity index (χ3n) is 2.52. The highest BCUT2D eigenvalue weighted by atomic mass is 32.2. The largest absolute Gasteiger partial charge is 0.497 e. The molecule has 19 heavy (non-hydrogen) atoms. The minimum absolute atomic E-state index is 0.705. The van der Waals surface area contributed by atoms with E-state index in [0.29, 0.717) is 4.90 Å². The van der Waals surface area contributed by atoms with E-state index in [2.05, 4.69) is 3.77 Å². The van der Waals surface area contributed by atoms with Crippen molar-refractivity contribution in [2.24, 2.45) is 3.77 Å². The van der Waals surface area contributed by atoms with E-state index in [1.54, 1.807) is 37.6 Å². The van der Waals surface area contributed by atoms with Crippen molar-refractivity contribution in [2.45, 2.75) is 9.79 Å². The average molecular weight is 293 g/mol. The molecule has 5 heteroatoms. The van der Waals surface area contributed by atoms with Crippen LogP contribution in [-0.2, 0) is 9.73 Å². The highest BCUT2D eigenvalue weighted by Gasteiger charge is 2.06. The lowest BCUT2D eigenvalue weighted by Crippen LogP contribution is -1.96. The lowest BCUT2D eigenvalue weighted by atomic mass is 10.3. The van der Waals surface area contributed by atoms with Crippen molar-refractivity contribution in [2.75, 3.05) is 13.4 Å². The van der Waals surface area contributed by atoms with Gasteiger partial charge < -0.3 is 4.74 Å². The molecule has 1 unspecified atom stereocenters. The molecule has 2 aromatic rings. The van der Waals surface area contributed by atoms with Gasteiger partial charge in [0.25, 0.3) is 0 Å². The van der Waals surface area contributed by atoms with Crippen LogP contribution in [0.2, 0.25) is 0 Å². The summed E-state index contributed by atoms with van der Waals surface area (Å²) in [5.74, 6) is 0.745. The summed E-state index contributed by atoms with van der Waals surface area (Å²) in [5, 5.41) is 0. The van der Waals surface area contributed by atoms with Crippen molar-refractivity contribution < 1.29 is 8.95 Å². The number of hydrogen-bond donors (Lipinski definition) is 0. The number of hydrogen-bond acceptors (Lipinski definition) is 4. The third kappa shape index (κ3) is 3.75. The summed E-state index contributed by atoms with van der Waals surface area (Å²) < 4.78 is 21.9. The molecule has 0 saturated carbocycles. The molecule has 0 bridgehead atoms. The molecule has 100 valence electrons. The van der Waals surface area contributed by atoms with Crippen LogP contribution in [-0.4, -0.2) is 17.6 Å². The maximum absolute atomic E-state index is 12.5. The van der Waals surface area contributed by atoms with E-state index < -0.39 is 9.73 Å². The van der Waals surface area contributed by atoms with Gasteiger partial charge in [-0.1, -0.05) is 18.2 Å². The topological polar surface area (TPSA) is 38.7 Å². The first kappa shape index (κ1) is 14.0. The van der Waals surface area contributed by atoms with E-state index in [1.165, 1.54) is 11.9 Å². The maximum Gasteiger partial charge on any atom is 0.118 e. The first-order valence-electron chi connectivity index (χ1n) is 5.69. The van der Waals surface area contributed by atoms with E-state index in [9.17, 15) is 4.21 Å². The van der Waals surface area contributed by atoms with E-state index in [-0.39, 0.29) is 0 Å². The zero-order valence-electron chi connectivity index (χ0n) is 10.8. The maximum atomic E-state index is 12.5. The Morgan fingerprint density at radius 2 is 1.68 bits per heavy atom. The van der Waals surface area contributed by atoms with Gasteiger partial charge in [-0.25, -0.2) is 4.21 Å². The van der Waals surface area contributed by atoms with Crippen molar-refractivity contribution in [3.05, 3.63) is 54.6 Å². The molecule has 0 amide bonds. The van der Waals surface area contributed by atoms with Gasteiger partial charge in [0.1, 0.15) is 5.75 Å². The smallest absolute Gasteiger partial charge is 0.118 e. The Hall–Kier alpha value is -1.46. The van der Waals surface area contributed by atoms with Gasteiger partial charge in [0, 0.05) is 28.0 Å². The summed E-state index contributed by atoms with van der Waals surface area (Å²) in [6.45, 7) is 0. The number of benzene rings is 2. The fourth-order valence-corrected chi connectivity index (χ4v) is 3.64. The summed E-state index contributed by atoms with van der Waals surface area (Å²) in [4.78, 5) is 1.68. The number of nitrogens with zero attached hydrogens (tertiary/aromatic N) is 1. The van der Waals surface area contributed by atoms with Crippen LogP contribution in [0, 0.1) is 0 Å². The predicted molar refractivity (Wildman–Crippen MR) is 80.1 cm³/mol. The Bertz CT molecular complexity index is 645. The van der Waals surface area contributed by atoms with Crippen LogP contribution in [0.4, 0.5) is 0 Å². The second-order valence-electron chi connectivity index (χ2n) is 3.96. The molecule has 3 nitrogen and oxygen atoms in total. The second-order valence-corrected chi connectivity index (χ2v) is 7.28. The third-order valence-corrected chi connectivity index (χ3v) is 5.59. The Balaban J connectivity index is 2.23. The summed E-state index contributed by atoms with van der Waals surface area (Å²) in [7, 11) is -0.796. The van der Waals surface area contributed by atoms with E-state index in [4.69, 9.17) is 4.74 Å². The van der Waals surface area contributed by atoms with Crippen LogP contribution in [0.3, 0.4) is 0 Å². The molecule has 0 heterocycles. The average Bonchev–Trinajstić information content (AvgIpc) is 2.46. The summed E-state index contributed by atoms with van der Waals surface area (Å²) in [5.41, 5.74) is 0. The molecule has 0 radical (unpaired) electrons. The zero-order chi connectivity index (χ0) is 13.7. The molecular formula is C14H15NO2S2. The van der Waals surface area contributed by atoms with E-state index >= 15 is 0 Å². The molecule has 0 aliphatic heterocycles. The molecular weight excluding hydrogens is 278 g/mol. The minimum atomic E-state index is -2.40. The summed E-state index contributed by atoms with van der Waals surface area (Å²) in [6.07, 6.45) is 1.64. The van der Waals surface area contributed by atoms with Crippen molar-refractivity contribution in [1.29, 1.82) is 0 Å². The van der Waals surface area contributed by atoms with Gasteiger partial charge in [0.2, 0.25) is 0 Å². The van der Waals surface area contributed by atoms with Gasteiger partial charge in [-0.15, -0.1) is 0 Å². The monoisotopic (exact) mass is 293 g/mol. The molecule has 0 fully saturated rings. The predicted octanol–water partition coefficient (Wildman–Crippen LogP) is 3.86. The van der Waals surface area contributed by atoms with Crippen LogP contribution in [0.15, 0.2) is 68.2 Å². The normalized spacial score (nSPS) is 13.6. The van der Waals surface area contributed by atoms with Crippen LogP contribution < -0.4 is 4.74 Å². The minimum Gasteiger partial charge on any atom is -0.497 e. The fourth-order valence-electron chi connectivity index (χ4n) is 1.47. The molecule has 0 spiro atoms. The molecule has 2 rings (SSSR count). The zero-order valence-corrected chi connectivity index (χ0v) is 12.4. The molecule has 2 aromatic carbocycles. The molecule has 1 atom stereocenters. The van der Waals surface area contributed by atoms with Crippen LogP contribution in [0.1, 0.15) is 0 Å². The van der Waals surface area contributed by atoms with E-state index in [0.717, 1.165) is 10.6 Å². The fraction of sp³-hybridized carbons (Fsp3) is 0.143. The summed E-state index contributed by atoms with van der Waals surface area (Å²) in [6, 6.07) is 16.9. The quantitative estimate of drug-likeness (QED) is 0.803. The van der Waals surface area contributed by atoms with Crippen molar-refractivity contribution in [1.82, 2.24) is 0 Å². The van der Waals surface area contributed by atoms with Gasteiger partial charge in [0.05, 0.1) is 16.8 Å². The van der Waals surface area contributed by atoms with Gasteiger partial charge in [-0.2, -0.15) is 3.77 Å². The van der Waals surface area contributed by atoms with Crippen molar-refractivity contribution in [3.63, 3.8) is 0 Å². The van der Waals surface area contributed by atoms with Crippen LogP contribution >= 0.6 is 11.9 Å². The first-order valence-corrected chi connectivity index (χ1v) is 8.39.